The van der Waals surface area contributed by atoms with Crippen molar-refractivity contribution in [2.24, 2.45) is 0 Å². The first kappa shape index (κ1) is 35.8. The number of aliphatic hydroxyl groups is 8. The van der Waals surface area contributed by atoms with Crippen LogP contribution in [0.1, 0.15) is 36.8 Å². The van der Waals surface area contributed by atoms with Crippen LogP contribution in [0, 0.1) is 0 Å². The first-order chi connectivity index (χ1) is 21.9. The van der Waals surface area contributed by atoms with E-state index in [0.29, 0.717) is 37.7 Å². The number of aromatic hydroxyl groups is 2. The molecule has 0 unspecified atom stereocenters. The number of phenols is 2. The van der Waals surface area contributed by atoms with Crippen molar-refractivity contribution in [2.75, 3.05) is 13.2 Å². The van der Waals surface area contributed by atoms with E-state index >= 15 is 0 Å². The van der Waals surface area contributed by atoms with Gasteiger partial charge in [0.15, 0.2) is 23.0 Å². The van der Waals surface area contributed by atoms with Crippen molar-refractivity contribution in [1.82, 2.24) is 0 Å². The fourth-order valence-electron chi connectivity index (χ4n) is 5.28. The van der Waals surface area contributed by atoms with Crippen LogP contribution in [0.3, 0.4) is 0 Å². The van der Waals surface area contributed by atoms with Gasteiger partial charge in [-0.3, -0.25) is 4.79 Å². The highest BCUT2D eigenvalue weighted by atomic mass is 16.7. The van der Waals surface area contributed by atoms with Gasteiger partial charge < -0.3 is 70.0 Å². The minimum atomic E-state index is -1.63. The van der Waals surface area contributed by atoms with Gasteiger partial charge in [0.2, 0.25) is 12.6 Å². The molecule has 0 saturated carbocycles. The highest BCUT2D eigenvalue weighted by Crippen LogP contribution is 2.33. The number of carbonyl (C=O) groups is 1. The molecule has 15 heteroatoms. The summed E-state index contributed by atoms with van der Waals surface area (Å²) in [6.45, 7) is -1.23. The molecule has 10 atom stereocenters. The molecular formula is C31H42O15. The predicted molar refractivity (Wildman–Crippen MR) is 156 cm³/mol. The second kappa shape index (κ2) is 16.1. The van der Waals surface area contributed by atoms with Crippen LogP contribution in [-0.4, -0.2) is 131 Å². The monoisotopic (exact) mass is 654 g/mol. The molecule has 2 fully saturated rings. The zero-order valence-electron chi connectivity index (χ0n) is 24.9. The molecule has 15 nitrogen and oxygen atoms in total. The average molecular weight is 655 g/mol. The third kappa shape index (κ3) is 8.63. The minimum Gasteiger partial charge on any atom is -0.504 e. The third-order valence-electron chi connectivity index (χ3n) is 8.09. The van der Waals surface area contributed by atoms with Crippen LogP contribution < -0.4 is 9.47 Å². The molecule has 4 rings (SSSR count). The molecule has 2 aromatic carbocycles. The summed E-state index contributed by atoms with van der Waals surface area (Å²) in [5, 5.41) is 99.3. The van der Waals surface area contributed by atoms with Crippen molar-refractivity contribution in [3.05, 3.63) is 47.5 Å². The first-order valence-electron chi connectivity index (χ1n) is 15.0. The van der Waals surface area contributed by atoms with Crippen molar-refractivity contribution in [2.45, 2.75) is 99.9 Å². The standard InChI is InChI=1S/C31H42O15/c32-13-22-24(37)26(39)28(41)30(45-22)43-20-9-6-15(11-18(20)35)3-1-2-4-17(34)8-5-16-7-10-21(19(36)12-16)44-31-29(42)27(40)25(38)23(14-33)46-31/h6-7,9-12,22-33,35-42H,1-5,8,13-14H2/t22-,23-,24-,25-,26+,27+,28-,29-,30-,31-/m1/s1. The van der Waals surface area contributed by atoms with Crippen LogP contribution >= 0.6 is 0 Å². The lowest BCUT2D eigenvalue weighted by atomic mass is 9.99. The molecule has 256 valence electrons. The second-order valence-corrected chi connectivity index (χ2v) is 11.5. The Morgan fingerprint density at radius 3 is 1.50 bits per heavy atom. The molecule has 0 radical (unpaired) electrons. The number of aliphatic hydroxyl groups excluding tert-OH is 8. The molecule has 2 aliphatic heterocycles. The highest BCUT2D eigenvalue weighted by molar-refractivity contribution is 5.78. The fraction of sp³-hybridized carbons (Fsp3) is 0.581. The van der Waals surface area contributed by atoms with Gasteiger partial charge in [0.05, 0.1) is 13.2 Å². The van der Waals surface area contributed by atoms with E-state index in [1.807, 2.05) is 0 Å². The lowest BCUT2D eigenvalue weighted by molar-refractivity contribution is -0.277. The zero-order chi connectivity index (χ0) is 33.5. The Balaban J connectivity index is 1.18. The Morgan fingerprint density at radius 1 is 0.609 bits per heavy atom. The third-order valence-corrected chi connectivity index (χ3v) is 8.09. The van der Waals surface area contributed by atoms with Crippen molar-refractivity contribution in [3.8, 4) is 23.0 Å². The number of ether oxygens (including phenoxy) is 4. The van der Waals surface area contributed by atoms with E-state index in [4.69, 9.17) is 18.9 Å². The van der Waals surface area contributed by atoms with Gasteiger partial charge in [-0.25, -0.2) is 0 Å². The van der Waals surface area contributed by atoms with Crippen molar-refractivity contribution < 1.29 is 74.8 Å². The van der Waals surface area contributed by atoms with Gasteiger partial charge in [0.25, 0.3) is 0 Å². The number of ketones is 1. The fourth-order valence-corrected chi connectivity index (χ4v) is 5.28. The van der Waals surface area contributed by atoms with Crippen LogP contribution in [0.5, 0.6) is 23.0 Å². The molecular weight excluding hydrogens is 612 g/mol. The molecule has 0 aromatic heterocycles. The lowest BCUT2D eigenvalue weighted by Crippen LogP contribution is -2.60. The quantitative estimate of drug-likeness (QED) is 0.103. The smallest absolute Gasteiger partial charge is 0.229 e. The molecule has 46 heavy (non-hydrogen) atoms. The zero-order valence-corrected chi connectivity index (χ0v) is 24.9. The van der Waals surface area contributed by atoms with Gasteiger partial charge in [0.1, 0.15) is 54.6 Å². The Hall–Kier alpha value is -3.09. The Bertz CT molecular complexity index is 1290. The normalized spacial score (nSPS) is 31.4. The molecule has 2 aliphatic rings. The van der Waals surface area contributed by atoms with E-state index in [1.54, 1.807) is 12.1 Å². The topological polar surface area (TPSA) is 256 Å². The summed E-state index contributed by atoms with van der Waals surface area (Å²) in [6, 6.07) is 9.09. The number of phenolic OH excluding ortho intramolecular Hbond substituents is 2. The van der Waals surface area contributed by atoms with Crippen molar-refractivity contribution >= 4 is 5.78 Å². The maximum absolute atomic E-state index is 12.5. The summed E-state index contributed by atoms with van der Waals surface area (Å²) in [5.74, 6) is -0.581. The number of aryl methyl sites for hydroxylation is 2. The van der Waals surface area contributed by atoms with E-state index in [1.165, 1.54) is 24.3 Å². The Morgan fingerprint density at radius 2 is 1.07 bits per heavy atom. The van der Waals surface area contributed by atoms with Crippen LogP contribution in [0.15, 0.2) is 36.4 Å². The van der Waals surface area contributed by atoms with Gasteiger partial charge in [-0.15, -0.1) is 0 Å². The summed E-state index contributed by atoms with van der Waals surface area (Å²) in [6.07, 6.45) is -12.0. The SMILES string of the molecule is O=C(CCCCc1ccc(O[C@@H]2O[C@H](CO)[C@@H](O)[C@H](O)[C@H]2O)c(O)c1)CCc1ccc(O[C@@H]2O[C@H](CO)[C@@H](O)[C@H](O)[C@H]2O)c(O)c1. The largest absolute Gasteiger partial charge is 0.504 e. The van der Waals surface area contributed by atoms with E-state index in [2.05, 4.69) is 0 Å². The summed E-state index contributed by atoms with van der Waals surface area (Å²) >= 11 is 0. The van der Waals surface area contributed by atoms with E-state index in [-0.39, 0.29) is 35.2 Å². The predicted octanol–water partition coefficient (Wildman–Crippen LogP) is -1.63. The molecule has 0 spiro atoms. The first-order valence-corrected chi connectivity index (χ1v) is 15.0. The maximum Gasteiger partial charge on any atom is 0.229 e. The van der Waals surface area contributed by atoms with E-state index in [9.17, 15) is 55.9 Å². The summed E-state index contributed by atoms with van der Waals surface area (Å²) in [5.41, 5.74) is 1.43. The number of carbonyl (C=O) groups excluding carboxylic acids is 1. The summed E-state index contributed by atoms with van der Waals surface area (Å²) in [7, 11) is 0. The number of benzene rings is 2. The highest BCUT2D eigenvalue weighted by Gasteiger charge is 2.46. The summed E-state index contributed by atoms with van der Waals surface area (Å²) < 4.78 is 21.5. The van der Waals surface area contributed by atoms with Crippen LogP contribution in [0.25, 0.3) is 0 Å². The second-order valence-electron chi connectivity index (χ2n) is 11.5. The van der Waals surface area contributed by atoms with Crippen LogP contribution in [-0.2, 0) is 27.1 Å². The number of Topliss-reactive ketones (excluding diaryl/α,β-unsaturated/α-hetero) is 1. The van der Waals surface area contributed by atoms with Gasteiger partial charge >= 0.3 is 0 Å². The number of unbranched alkanes of at least 4 members (excludes halogenated alkanes) is 1. The number of rotatable bonds is 14. The van der Waals surface area contributed by atoms with Gasteiger partial charge in [-0.05, 0) is 61.1 Å². The van der Waals surface area contributed by atoms with Crippen molar-refractivity contribution in [3.63, 3.8) is 0 Å². The maximum atomic E-state index is 12.5. The Kier molecular flexibility index (Phi) is 12.6. The molecule has 0 bridgehead atoms. The van der Waals surface area contributed by atoms with Crippen LogP contribution in [0.4, 0.5) is 0 Å². The van der Waals surface area contributed by atoms with Crippen LogP contribution in [0.2, 0.25) is 0 Å². The average Bonchev–Trinajstić information content (AvgIpc) is 3.04. The van der Waals surface area contributed by atoms with Crippen molar-refractivity contribution in [1.29, 1.82) is 0 Å². The lowest BCUT2D eigenvalue weighted by Gasteiger charge is -2.39. The molecule has 2 aromatic rings. The molecule has 0 amide bonds. The summed E-state index contributed by atoms with van der Waals surface area (Å²) in [4.78, 5) is 12.5. The molecule has 0 aliphatic carbocycles. The molecule has 2 heterocycles. The minimum absolute atomic E-state index is 0.0206. The van der Waals surface area contributed by atoms with E-state index in [0.717, 1.165) is 5.56 Å². The molecule has 2 saturated heterocycles. The van der Waals surface area contributed by atoms with Gasteiger partial charge in [-0.2, -0.15) is 0 Å². The number of hydrogen-bond acceptors (Lipinski definition) is 15. The van der Waals surface area contributed by atoms with Gasteiger partial charge in [-0.1, -0.05) is 12.1 Å². The molecule has 10 N–H and O–H groups in total. The Labute approximate surface area is 264 Å². The van der Waals surface area contributed by atoms with Gasteiger partial charge in [0, 0.05) is 12.8 Å². The number of hydrogen-bond donors (Lipinski definition) is 10. The van der Waals surface area contributed by atoms with E-state index < -0.39 is 74.6 Å².